The summed E-state index contributed by atoms with van der Waals surface area (Å²) in [6.07, 6.45) is 0.719. The lowest BCUT2D eigenvalue weighted by atomic mass is 10.1. The van der Waals surface area contributed by atoms with Crippen LogP contribution in [0.1, 0.15) is 33.2 Å². The standard InChI is InChI=1S/C17H15IO4/c1-3-21-16-8-12(10-19)5-7-15(16)22-17(20)13-6-4-11(2)14(18)9-13/h4-10H,3H2,1-2H3. The predicted octanol–water partition coefficient (Wildman–Crippen LogP) is 4.03. The van der Waals surface area contributed by atoms with Crippen LogP contribution < -0.4 is 9.47 Å². The Morgan fingerprint density at radius 3 is 2.59 bits per heavy atom. The molecular weight excluding hydrogens is 395 g/mol. The number of hydrogen-bond acceptors (Lipinski definition) is 4. The van der Waals surface area contributed by atoms with Crippen molar-refractivity contribution < 1.29 is 19.1 Å². The van der Waals surface area contributed by atoms with Crippen LogP contribution in [-0.4, -0.2) is 18.9 Å². The van der Waals surface area contributed by atoms with Gasteiger partial charge in [-0.25, -0.2) is 4.79 Å². The van der Waals surface area contributed by atoms with E-state index in [9.17, 15) is 9.59 Å². The second kappa shape index (κ2) is 7.40. The molecule has 114 valence electrons. The molecule has 0 aliphatic heterocycles. The Labute approximate surface area is 142 Å². The van der Waals surface area contributed by atoms with Gasteiger partial charge in [0, 0.05) is 9.13 Å². The molecule has 0 heterocycles. The fourth-order valence-corrected chi connectivity index (χ4v) is 2.34. The molecule has 0 saturated carbocycles. The van der Waals surface area contributed by atoms with Crippen LogP contribution in [0.25, 0.3) is 0 Å². The summed E-state index contributed by atoms with van der Waals surface area (Å²) < 4.78 is 11.8. The first-order valence-corrected chi connectivity index (χ1v) is 7.83. The highest BCUT2D eigenvalue weighted by Gasteiger charge is 2.14. The Morgan fingerprint density at radius 1 is 1.18 bits per heavy atom. The lowest BCUT2D eigenvalue weighted by Gasteiger charge is -2.11. The summed E-state index contributed by atoms with van der Waals surface area (Å²) in [5.41, 5.74) is 2.03. The van der Waals surface area contributed by atoms with Gasteiger partial charge in [0.2, 0.25) is 0 Å². The monoisotopic (exact) mass is 410 g/mol. The lowest BCUT2D eigenvalue weighted by molar-refractivity contribution is 0.0728. The van der Waals surface area contributed by atoms with Crippen molar-refractivity contribution in [1.29, 1.82) is 0 Å². The second-order valence-corrected chi connectivity index (χ2v) is 5.77. The van der Waals surface area contributed by atoms with Crippen LogP contribution in [0, 0.1) is 10.5 Å². The van der Waals surface area contributed by atoms with Crippen molar-refractivity contribution in [2.45, 2.75) is 13.8 Å². The molecule has 0 fully saturated rings. The Balaban J connectivity index is 2.27. The molecule has 0 aliphatic rings. The summed E-state index contributed by atoms with van der Waals surface area (Å²) in [6, 6.07) is 10.1. The lowest BCUT2D eigenvalue weighted by Crippen LogP contribution is -2.10. The van der Waals surface area contributed by atoms with Gasteiger partial charge in [0.1, 0.15) is 6.29 Å². The number of aldehydes is 1. The third-order valence-electron chi connectivity index (χ3n) is 3.01. The maximum absolute atomic E-state index is 12.2. The Morgan fingerprint density at radius 2 is 1.95 bits per heavy atom. The predicted molar refractivity (Wildman–Crippen MR) is 91.9 cm³/mol. The number of hydrogen-bond donors (Lipinski definition) is 0. The summed E-state index contributed by atoms with van der Waals surface area (Å²) in [5.74, 6) is 0.216. The highest BCUT2D eigenvalue weighted by Crippen LogP contribution is 2.29. The van der Waals surface area contributed by atoms with E-state index >= 15 is 0 Å². The Hall–Kier alpha value is -1.89. The molecule has 2 aromatic rings. The molecule has 0 bridgehead atoms. The van der Waals surface area contributed by atoms with E-state index in [0.29, 0.717) is 29.2 Å². The molecule has 0 amide bonds. The largest absolute Gasteiger partial charge is 0.490 e. The molecule has 0 aliphatic carbocycles. The fraction of sp³-hybridized carbons (Fsp3) is 0.176. The zero-order valence-corrected chi connectivity index (χ0v) is 14.4. The Kier molecular flexibility index (Phi) is 5.54. The quantitative estimate of drug-likeness (QED) is 0.323. The van der Waals surface area contributed by atoms with Gasteiger partial charge in [0.25, 0.3) is 0 Å². The first-order valence-electron chi connectivity index (χ1n) is 6.75. The molecule has 2 aromatic carbocycles. The molecule has 0 saturated heterocycles. The smallest absolute Gasteiger partial charge is 0.343 e. The van der Waals surface area contributed by atoms with Crippen LogP contribution in [0.3, 0.4) is 0 Å². The van der Waals surface area contributed by atoms with E-state index in [2.05, 4.69) is 22.6 Å². The molecular formula is C17H15IO4. The van der Waals surface area contributed by atoms with Crippen molar-refractivity contribution in [3.63, 3.8) is 0 Å². The molecule has 0 radical (unpaired) electrons. The molecule has 0 unspecified atom stereocenters. The van der Waals surface area contributed by atoms with Crippen molar-refractivity contribution in [1.82, 2.24) is 0 Å². The van der Waals surface area contributed by atoms with Crippen LogP contribution in [0.5, 0.6) is 11.5 Å². The first kappa shape index (κ1) is 16.5. The number of carbonyl (C=O) groups is 2. The molecule has 5 heteroatoms. The van der Waals surface area contributed by atoms with E-state index in [-0.39, 0.29) is 0 Å². The van der Waals surface area contributed by atoms with Gasteiger partial charge in [-0.1, -0.05) is 6.07 Å². The first-order chi connectivity index (χ1) is 10.5. The van der Waals surface area contributed by atoms with Gasteiger partial charge in [-0.05, 0) is 72.3 Å². The van der Waals surface area contributed by atoms with Gasteiger partial charge in [0.15, 0.2) is 11.5 Å². The number of halogens is 1. The zero-order chi connectivity index (χ0) is 16.1. The highest BCUT2D eigenvalue weighted by atomic mass is 127. The van der Waals surface area contributed by atoms with E-state index in [4.69, 9.17) is 9.47 Å². The maximum atomic E-state index is 12.2. The van der Waals surface area contributed by atoms with E-state index in [1.54, 1.807) is 30.3 Å². The summed E-state index contributed by atoms with van der Waals surface area (Å²) in [6.45, 7) is 4.21. The van der Waals surface area contributed by atoms with Crippen molar-refractivity contribution >= 4 is 34.8 Å². The van der Waals surface area contributed by atoms with Crippen LogP contribution in [-0.2, 0) is 0 Å². The molecule has 22 heavy (non-hydrogen) atoms. The number of rotatable bonds is 5. The van der Waals surface area contributed by atoms with Gasteiger partial charge in [-0.3, -0.25) is 4.79 Å². The van der Waals surface area contributed by atoms with E-state index in [1.165, 1.54) is 0 Å². The van der Waals surface area contributed by atoms with E-state index < -0.39 is 5.97 Å². The summed E-state index contributed by atoms with van der Waals surface area (Å²) in [7, 11) is 0. The minimum atomic E-state index is -0.460. The average molecular weight is 410 g/mol. The number of carbonyl (C=O) groups excluding carboxylic acids is 2. The van der Waals surface area contributed by atoms with E-state index in [1.807, 2.05) is 19.9 Å². The molecule has 2 rings (SSSR count). The van der Waals surface area contributed by atoms with Crippen molar-refractivity contribution in [2.75, 3.05) is 6.61 Å². The van der Waals surface area contributed by atoms with Gasteiger partial charge < -0.3 is 9.47 Å². The minimum absolute atomic E-state index is 0.299. The van der Waals surface area contributed by atoms with Gasteiger partial charge >= 0.3 is 5.97 Å². The number of benzene rings is 2. The summed E-state index contributed by atoms with van der Waals surface area (Å²) >= 11 is 2.17. The second-order valence-electron chi connectivity index (χ2n) is 4.61. The van der Waals surface area contributed by atoms with Crippen LogP contribution >= 0.6 is 22.6 Å². The average Bonchev–Trinajstić information content (AvgIpc) is 2.51. The number of aryl methyl sites for hydroxylation is 1. The number of ether oxygens (including phenoxy) is 2. The SMILES string of the molecule is CCOc1cc(C=O)ccc1OC(=O)c1ccc(C)c(I)c1. The van der Waals surface area contributed by atoms with E-state index in [0.717, 1.165) is 15.4 Å². The third kappa shape index (κ3) is 3.85. The van der Waals surface area contributed by atoms with Crippen LogP contribution in [0.15, 0.2) is 36.4 Å². The fourth-order valence-electron chi connectivity index (χ4n) is 1.83. The van der Waals surface area contributed by atoms with Crippen molar-refractivity contribution in [3.05, 3.63) is 56.7 Å². The third-order valence-corrected chi connectivity index (χ3v) is 4.18. The molecule has 0 spiro atoms. The zero-order valence-electron chi connectivity index (χ0n) is 12.3. The van der Waals surface area contributed by atoms with Crippen LogP contribution in [0.4, 0.5) is 0 Å². The number of esters is 1. The molecule has 0 aromatic heterocycles. The molecule has 4 nitrogen and oxygen atoms in total. The minimum Gasteiger partial charge on any atom is -0.490 e. The van der Waals surface area contributed by atoms with Crippen molar-refractivity contribution in [2.24, 2.45) is 0 Å². The van der Waals surface area contributed by atoms with Gasteiger partial charge in [0.05, 0.1) is 12.2 Å². The molecule has 0 N–H and O–H groups in total. The van der Waals surface area contributed by atoms with Crippen LogP contribution in [0.2, 0.25) is 0 Å². The summed E-state index contributed by atoms with van der Waals surface area (Å²) in [4.78, 5) is 23.1. The Bertz CT molecular complexity index is 710. The van der Waals surface area contributed by atoms with Crippen molar-refractivity contribution in [3.8, 4) is 11.5 Å². The normalized spacial score (nSPS) is 10.1. The van der Waals surface area contributed by atoms with Gasteiger partial charge in [-0.15, -0.1) is 0 Å². The maximum Gasteiger partial charge on any atom is 0.343 e. The highest BCUT2D eigenvalue weighted by molar-refractivity contribution is 14.1. The molecule has 0 atom stereocenters. The summed E-state index contributed by atoms with van der Waals surface area (Å²) in [5, 5.41) is 0. The topological polar surface area (TPSA) is 52.6 Å². The van der Waals surface area contributed by atoms with Gasteiger partial charge in [-0.2, -0.15) is 0 Å².